The van der Waals surface area contributed by atoms with E-state index in [0.717, 1.165) is 5.56 Å². The van der Waals surface area contributed by atoms with E-state index >= 15 is 0 Å². The topological polar surface area (TPSA) is 78.4 Å². The Bertz CT molecular complexity index is 463. The first-order chi connectivity index (χ1) is 8.99. The van der Waals surface area contributed by atoms with E-state index in [0.29, 0.717) is 18.7 Å². The van der Waals surface area contributed by atoms with E-state index in [1.165, 1.54) is 12.1 Å². The molecule has 6 heteroatoms. The van der Waals surface area contributed by atoms with E-state index in [1.54, 1.807) is 13.0 Å². The maximum absolute atomic E-state index is 13.0. The molecule has 0 spiro atoms. The minimum absolute atomic E-state index is 0.0651. The van der Waals surface area contributed by atoms with Gasteiger partial charge in [-0.25, -0.2) is 4.39 Å². The van der Waals surface area contributed by atoms with E-state index < -0.39 is 11.8 Å². The fraction of sp³-hybridized carbons (Fsp3) is 0.385. The standard InChI is InChI=1S/C13H17FN2O3/c1-9-4-5-10(14)7-11(9)16-12(17)8-15-6-2-3-13(18)19/h4-5,7,15H,2-3,6,8H2,1H3,(H,16,17)(H,18,19). The van der Waals surface area contributed by atoms with Gasteiger partial charge in [-0.1, -0.05) is 6.07 Å². The number of rotatable bonds is 7. The maximum Gasteiger partial charge on any atom is 0.303 e. The molecule has 0 fully saturated rings. The number of halogens is 1. The first-order valence-corrected chi connectivity index (χ1v) is 5.97. The highest BCUT2D eigenvalue weighted by Gasteiger charge is 2.05. The fourth-order valence-electron chi connectivity index (χ4n) is 1.49. The molecular weight excluding hydrogens is 251 g/mol. The zero-order valence-corrected chi connectivity index (χ0v) is 10.7. The van der Waals surface area contributed by atoms with Crippen LogP contribution < -0.4 is 10.6 Å². The molecule has 0 atom stereocenters. The Kier molecular flexibility index (Phi) is 5.95. The van der Waals surface area contributed by atoms with Gasteiger partial charge in [0.25, 0.3) is 0 Å². The average Bonchev–Trinajstić information content (AvgIpc) is 2.33. The predicted octanol–water partition coefficient (Wildman–Crippen LogP) is 1.53. The van der Waals surface area contributed by atoms with E-state index in [1.807, 2.05) is 0 Å². The number of aliphatic carboxylic acids is 1. The molecule has 1 amide bonds. The summed E-state index contributed by atoms with van der Waals surface area (Å²) in [7, 11) is 0. The van der Waals surface area contributed by atoms with Gasteiger partial charge in [0.15, 0.2) is 0 Å². The van der Waals surface area contributed by atoms with E-state index in [4.69, 9.17) is 5.11 Å². The Morgan fingerprint density at radius 3 is 2.79 bits per heavy atom. The summed E-state index contributed by atoms with van der Waals surface area (Å²) in [4.78, 5) is 21.8. The largest absolute Gasteiger partial charge is 0.481 e. The third-order valence-corrected chi connectivity index (χ3v) is 2.50. The van der Waals surface area contributed by atoms with Gasteiger partial charge < -0.3 is 15.7 Å². The molecule has 104 valence electrons. The van der Waals surface area contributed by atoms with Crippen LogP contribution in [0, 0.1) is 12.7 Å². The second kappa shape index (κ2) is 7.48. The summed E-state index contributed by atoms with van der Waals surface area (Å²) in [5, 5.41) is 13.8. The SMILES string of the molecule is Cc1ccc(F)cc1NC(=O)CNCCCC(=O)O. The molecule has 0 aliphatic heterocycles. The minimum Gasteiger partial charge on any atom is -0.481 e. The van der Waals surface area contributed by atoms with Crippen LogP contribution >= 0.6 is 0 Å². The van der Waals surface area contributed by atoms with Crippen molar-refractivity contribution in [3.8, 4) is 0 Å². The lowest BCUT2D eigenvalue weighted by molar-refractivity contribution is -0.137. The number of benzene rings is 1. The summed E-state index contributed by atoms with van der Waals surface area (Å²) in [6, 6.07) is 4.18. The van der Waals surface area contributed by atoms with Crippen LogP contribution in [-0.2, 0) is 9.59 Å². The molecule has 19 heavy (non-hydrogen) atoms. The van der Waals surface area contributed by atoms with Crippen LogP contribution in [0.3, 0.4) is 0 Å². The number of nitrogens with one attached hydrogen (secondary N) is 2. The number of hydrogen-bond donors (Lipinski definition) is 3. The van der Waals surface area contributed by atoms with Crippen molar-refractivity contribution in [1.82, 2.24) is 5.32 Å². The van der Waals surface area contributed by atoms with Gasteiger partial charge in [0.2, 0.25) is 5.91 Å². The van der Waals surface area contributed by atoms with Crippen LogP contribution in [0.1, 0.15) is 18.4 Å². The van der Waals surface area contributed by atoms with Crippen molar-refractivity contribution in [2.45, 2.75) is 19.8 Å². The van der Waals surface area contributed by atoms with Gasteiger partial charge in [-0.15, -0.1) is 0 Å². The van der Waals surface area contributed by atoms with Crippen LogP contribution in [0.15, 0.2) is 18.2 Å². The van der Waals surface area contributed by atoms with Crippen molar-refractivity contribution >= 4 is 17.6 Å². The monoisotopic (exact) mass is 268 g/mol. The second-order valence-corrected chi connectivity index (χ2v) is 4.18. The molecular formula is C13H17FN2O3. The van der Waals surface area contributed by atoms with Crippen molar-refractivity contribution < 1.29 is 19.1 Å². The summed E-state index contributed by atoms with van der Waals surface area (Å²) >= 11 is 0. The second-order valence-electron chi connectivity index (χ2n) is 4.18. The lowest BCUT2D eigenvalue weighted by atomic mass is 10.2. The predicted molar refractivity (Wildman–Crippen MR) is 69.5 cm³/mol. The summed E-state index contributed by atoms with van der Waals surface area (Å²) in [6.07, 6.45) is 0.527. The van der Waals surface area contributed by atoms with Gasteiger partial charge in [0.1, 0.15) is 5.82 Å². The summed E-state index contributed by atoms with van der Waals surface area (Å²) in [5.74, 6) is -1.55. The van der Waals surface area contributed by atoms with E-state index in [9.17, 15) is 14.0 Å². The lowest BCUT2D eigenvalue weighted by Crippen LogP contribution is -2.29. The molecule has 0 radical (unpaired) electrons. The Morgan fingerprint density at radius 1 is 1.37 bits per heavy atom. The smallest absolute Gasteiger partial charge is 0.303 e. The molecule has 1 rings (SSSR count). The zero-order chi connectivity index (χ0) is 14.3. The van der Waals surface area contributed by atoms with Crippen molar-refractivity contribution in [3.05, 3.63) is 29.6 Å². The third kappa shape index (κ3) is 5.96. The summed E-state index contributed by atoms with van der Waals surface area (Å²) in [6.45, 7) is 2.28. The van der Waals surface area contributed by atoms with Crippen molar-refractivity contribution in [2.24, 2.45) is 0 Å². The third-order valence-electron chi connectivity index (χ3n) is 2.50. The van der Waals surface area contributed by atoms with Crippen LogP contribution in [-0.4, -0.2) is 30.1 Å². The number of carbonyl (C=O) groups is 2. The Morgan fingerprint density at radius 2 is 2.11 bits per heavy atom. The van der Waals surface area contributed by atoms with Crippen LogP contribution in [0.2, 0.25) is 0 Å². The number of aryl methyl sites for hydroxylation is 1. The first-order valence-electron chi connectivity index (χ1n) is 5.97. The summed E-state index contributed by atoms with van der Waals surface area (Å²) < 4.78 is 13.0. The number of hydrogen-bond acceptors (Lipinski definition) is 3. The first kappa shape index (κ1) is 15.1. The Hall–Kier alpha value is -1.95. The molecule has 3 N–H and O–H groups in total. The number of amides is 1. The molecule has 1 aromatic carbocycles. The highest BCUT2D eigenvalue weighted by Crippen LogP contribution is 2.15. The zero-order valence-electron chi connectivity index (χ0n) is 10.7. The number of carboxylic acid groups (broad SMARTS) is 1. The number of carbonyl (C=O) groups excluding carboxylic acids is 1. The fourth-order valence-corrected chi connectivity index (χ4v) is 1.49. The van der Waals surface area contributed by atoms with Crippen molar-refractivity contribution in [3.63, 3.8) is 0 Å². The molecule has 0 aromatic heterocycles. The van der Waals surface area contributed by atoms with E-state index in [-0.39, 0.29) is 18.9 Å². The van der Waals surface area contributed by atoms with Gasteiger partial charge in [-0.05, 0) is 37.6 Å². The van der Waals surface area contributed by atoms with Gasteiger partial charge >= 0.3 is 5.97 Å². The quantitative estimate of drug-likeness (QED) is 0.655. The molecule has 0 unspecified atom stereocenters. The molecule has 0 saturated heterocycles. The average molecular weight is 268 g/mol. The number of anilines is 1. The lowest BCUT2D eigenvalue weighted by Gasteiger charge is -2.09. The van der Waals surface area contributed by atoms with Gasteiger partial charge in [-0.3, -0.25) is 9.59 Å². The molecule has 0 aliphatic carbocycles. The molecule has 0 heterocycles. The van der Waals surface area contributed by atoms with Crippen molar-refractivity contribution in [1.29, 1.82) is 0 Å². The van der Waals surface area contributed by atoms with Crippen LogP contribution in [0.25, 0.3) is 0 Å². The number of carboxylic acids is 1. The maximum atomic E-state index is 13.0. The van der Waals surface area contributed by atoms with Gasteiger partial charge in [-0.2, -0.15) is 0 Å². The normalized spacial score (nSPS) is 10.2. The Balaban J connectivity index is 2.31. The molecule has 0 bridgehead atoms. The minimum atomic E-state index is -0.860. The molecule has 0 aliphatic rings. The molecule has 1 aromatic rings. The molecule has 5 nitrogen and oxygen atoms in total. The summed E-state index contributed by atoms with van der Waals surface area (Å²) in [5.41, 5.74) is 1.22. The molecule has 0 saturated carbocycles. The Labute approximate surface area is 110 Å². The van der Waals surface area contributed by atoms with Crippen molar-refractivity contribution in [2.75, 3.05) is 18.4 Å². The van der Waals surface area contributed by atoms with Crippen LogP contribution in [0.5, 0.6) is 0 Å². The van der Waals surface area contributed by atoms with Gasteiger partial charge in [0, 0.05) is 12.1 Å². The van der Waals surface area contributed by atoms with Gasteiger partial charge in [0.05, 0.1) is 6.54 Å². The highest BCUT2D eigenvalue weighted by molar-refractivity contribution is 5.92. The van der Waals surface area contributed by atoms with Crippen LogP contribution in [0.4, 0.5) is 10.1 Å². The van der Waals surface area contributed by atoms with E-state index in [2.05, 4.69) is 10.6 Å². The highest BCUT2D eigenvalue weighted by atomic mass is 19.1.